The number of rotatable bonds is 3. The molecule has 82 valence electrons. The van der Waals surface area contributed by atoms with Crippen molar-refractivity contribution in [1.82, 2.24) is 5.32 Å². The molecule has 1 saturated carbocycles. The summed E-state index contributed by atoms with van der Waals surface area (Å²) in [5.41, 5.74) is 1.47. The molecule has 1 nitrogen and oxygen atoms in total. The quantitative estimate of drug-likeness (QED) is 0.845. The first-order valence-corrected chi connectivity index (χ1v) is 5.95. The van der Waals surface area contributed by atoms with Crippen LogP contribution < -0.4 is 5.32 Å². The molecule has 0 saturated heterocycles. The zero-order valence-corrected chi connectivity index (χ0v) is 10.5. The van der Waals surface area contributed by atoms with E-state index in [1.165, 1.54) is 12.8 Å². The van der Waals surface area contributed by atoms with E-state index in [1.54, 1.807) is 0 Å². The van der Waals surface area contributed by atoms with Crippen LogP contribution >= 0.6 is 23.2 Å². The lowest BCUT2D eigenvalue weighted by molar-refractivity contribution is 0.390. The summed E-state index contributed by atoms with van der Waals surface area (Å²) in [6.07, 6.45) is 2.50. The Morgan fingerprint density at radius 3 is 2.53 bits per heavy atom. The highest BCUT2D eigenvalue weighted by atomic mass is 35.5. The maximum Gasteiger partial charge on any atom is 0.0640 e. The van der Waals surface area contributed by atoms with Crippen LogP contribution in [0.2, 0.25) is 10.0 Å². The normalized spacial score (nSPS) is 20.0. The largest absolute Gasteiger partial charge is 0.312 e. The number of benzene rings is 1. The highest BCUT2D eigenvalue weighted by Gasteiger charge is 2.45. The van der Waals surface area contributed by atoms with Crippen LogP contribution in [-0.2, 0) is 0 Å². The Morgan fingerprint density at radius 1 is 1.33 bits per heavy atom. The maximum absolute atomic E-state index is 6.23. The van der Waals surface area contributed by atoms with Crippen molar-refractivity contribution in [2.75, 3.05) is 7.05 Å². The number of hydrogen-bond acceptors (Lipinski definition) is 1. The second-order valence-electron chi connectivity index (χ2n) is 4.52. The fourth-order valence-corrected chi connectivity index (χ4v) is 2.53. The molecule has 1 aromatic carbocycles. The SMILES string of the molecule is CNC(c1cccc(Cl)c1Cl)C1(C)CC1. The summed E-state index contributed by atoms with van der Waals surface area (Å²) in [6, 6.07) is 6.15. The summed E-state index contributed by atoms with van der Waals surface area (Å²) < 4.78 is 0. The predicted molar refractivity (Wildman–Crippen MR) is 65.6 cm³/mol. The van der Waals surface area contributed by atoms with Gasteiger partial charge in [-0.05, 0) is 36.9 Å². The van der Waals surface area contributed by atoms with Gasteiger partial charge in [0.25, 0.3) is 0 Å². The van der Waals surface area contributed by atoms with Gasteiger partial charge in [-0.15, -0.1) is 0 Å². The summed E-state index contributed by atoms with van der Waals surface area (Å²) in [6.45, 7) is 2.28. The zero-order chi connectivity index (χ0) is 11.1. The first-order chi connectivity index (χ1) is 7.08. The van der Waals surface area contributed by atoms with Crippen molar-refractivity contribution in [2.45, 2.75) is 25.8 Å². The van der Waals surface area contributed by atoms with Gasteiger partial charge in [0.2, 0.25) is 0 Å². The molecule has 1 N–H and O–H groups in total. The van der Waals surface area contributed by atoms with Gasteiger partial charge in [0.05, 0.1) is 10.0 Å². The van der Waals surface area contributed by atoms with Gasteiger partial charge in [-0.1, -0.05) is 42.3 Å². The lowest BCUT2D eigenvalue weighted by Gasteiger charge is -2.24. The molecule has 1 aliphatic rings. The third kappa shape index (κ3) is 2.01. The van der Waals surface area contributed by atoms with Crippen molar-refractivity contribution in [3.63, 3.8) is 0 Å². The third-order valence-electron chi connectivity index (χ3n) is 3.32. The maximum atomic E-state index is 6.23. The summed E-state index contributed by atoms with van der Waals surface area (Å²) in [5, 5.41) is 4.67. The Balaban J connectivity index is 2.38. The van der Waals surface area contributed by atoms with Crippen LogP contribution in [0.15, 0.2) is 18.2 Å². The van der Waals surface area contributed by atoms with E-state index in [-0.39, 0.29) is 0 Å². The second-order valence-corrected chi connectivity index (χ2v) is 5.30. The Bertz CT molecular complexity index is 372. The van der Waals surface area contributed by atoms with E-state index in [9.17, 15) is 0 Å². The van der Waals surface area contributed by atoms with Gasteiger partial charge in [-0.3, -0.25) is 0 Å². The van der Waals surface area contributed by atoms with Crippen molar-refractivity contribution in [3.05, 3.63) is 33.8 Å². The van der Waals surface area contributed by atoms with Crippen LogP contribution in [0.25, 0.3) is 0 Å². The summed E-state index contributed by atoms with van der Waals surface area (Å²) in [7, 11) is 1.98. The van der Waals surface area contributed by atoms with Crippen LogP contribution in [0.3, 0.4) is 0 Å². The standard InChI is InChI=1S/C12H15Cl2N/c1-12(6-7-12)11(15-2)8-4-3-5-9(13)10(8)14/h3-5,11,15H,6-7H2,1-2H3. The predicted octanol–water partition coefficient (Wildman–Crippen LogP) is 4.05. The Labute approximate surface area is 101 Å². The minimum Gasteiger partial charge on any atom is -0.312 e. The van der Waals surface area contributed by atoms with Crippen LogP contribution in [0.5, 0.6) is 0 Å². The molecule has 1 aromatic rings. The number of halogens is 2. The third-order valence-corrected chi connectivity index (χ3v) is 4.15. The van der Waals surface area contributed by atoms with E-state index < -0.39 is 0 Å². The molecule has 0 heterocycles. The molecule has 1 atom stereocenters. The molecule has 0 radical (unpaired) electrons. The number of hydrogen-bond donors (Lipinski definition) is 1. The average Bonchev–Trinajstić information content (AvgIpc) is 2.93. The van der Waals surface area contributed by atoms with Crippen molar-refractivity contribution in [3.8, 4) is 0 Å². The Hall–Kier alpha value is -0.240. The van der Waals surface area contributed by atoms with Gasteiger partial charge in [-0.25, -0.2) is 0 Å². The van der Waals surface area contributed by atoms with E-state index in [4.69, 9.17) is 23.2 Å². The second kappa shape index (κ2) is 3.97. The molecule has 0 aromatic heterocycles. The minimum atomic E-state index is 0.309. The average molecular weight is 244 g/mol. The summed E-state index contributed by atoms with van der Waals surface area (Å²) in [4.78, 5) is 0. The van der Waals surface area contributed by atoms with Gasteiger partial charge >= 0.3 is 0 Å². The molecule has 1 fully saturated rings. The van der Waals surface area contributed by atoms with Gasteiger partial charge in [0.15, 0.2) is 0 Å². The number of nitrogens with one attached hydrogen (secondary N) is 1. The highest BCUT2D eigenvalue weighted by Crippen LogP contribution is 2.55. The molecule has 1 unspecified atom stereocenters. The van der Waals surface area contributed by atoms with Crippen molar-refractivity contribution in [2.24, 2.45) is 5.41 Å². The van der Waals surface area contributed by atoms with E-state index in [1.807, 2.05) is 19.2 Å². The lowest BCUT2D eigenvalue weighted by Crippen LogP contribution is -2.24. The Kier molecular flexibility index (Phi) is 2.98. The van der Waals surface area contributed by atoms with Crippen LogP contribution in [-0.4, -0.2) is 7.05 Å². The molecule has 15 heavy (non-hydrogen) atoms. The first-order valence-electron chi connectivity index (χ1n) is 5.20. The van der Waals surface area contributed by atoms with Crippen molar-refractivity contribution in [1.29, 1.82) is 0 Å². The topological polar surface area (TPSA) is 12.0 Å². The van der Waals surface area contributed by atoms with Crippen LogP contribution in [0.1, 0.15) is 31.4 Å². The molecular weight excluding hydrogens is 229 g/mol. The summed E-state index contributed by atoms with van der Waals surface area (Å²) >= 11 is 12.3. The van der Waals surface area contributed by atoms with Crippen LogP contribution in [0, 0.1) is 5.41 Å². The molecule has 0 bridgehead atoms. The molecule has 3 heteroatoms. The minimum absolute atomic E-state index is 0.309. The zero-order valence-electron chi connectivity index (χ0n) is 8.98. The van der Waals surface area contributed by atoms with Crippen molar-refractivity contribution < 1.29 is 0 Å². The van der Waals surface area contributed by atoms with Gasteiger partial charge < -0.3 is 5.32 Å². The monoisotopic (exact) mass is 243 g/mol. The van der Waals surface area contributed by atoms with E-state index >= 15 is 0 Å². The van der Waals surface area contributed by atoms with Gasteiger partial charge in [-0.2, -0.15) is 0 Å². The smallest absolute Gasteiger partial charge is 0.0640 e. The molecular formula is C12H15Cl2N. The molecule has 2 rings (SSSR count). The molecule has 0 spiro atoms. The highest BCUT2D eigenvalue weighted by molar-refractivity contribution is 6.42. The molecule has 0 amide bonds. The first kappa shape index (κ1) is 11.3. The van der Waals surface area contributed by atoms with E-state index in [0.29, 0.717) is 21.5 Å². The van der Waals surface area contributed by atoms with E-state index in [0.717, 1.165) is 5.56 Å². The van der Waals surface area contributed by atoms with E-state index in [2.05, 4.69) is 18.3 Å². The molecule has 0 aliphatic heterocycles. The fourth-order valence-electron chi connectivity index (χ4n) is 2.11. The van der Waals surface area contributed by atoms with Crippen molar-refractivity contribution >= 4 is 23.2 Å². The lowest BCUT2D eigenvalue weighted by atomic mass is 9.92. The summed E-state index contributed by atoms with van der Waals surface area (Å²) in [5.74, 6) is 0. The van der Waals surface area contributed by atoms with Gasteiger partial charge in [0.1, 0.15) is 0 Å². The van der Waals surface area contributed by atoms with Gasteiger partial charge in [0, 0.05) is 6.04 Å². The fraction of sp³-hybridized carbons (Fsp3) is 0.500. The Morgan fingerprint density at radius 2 is 2.00 bits per heavy atom. The van der Waals surface area contributed by atoms with Crippen LogP contribution in [0.4, 0.5) is 0 Å². The molecule has 1 aliphatic carbocycles.